The fraction of sp³-hybridized carbons (Fsp3) is 0.280. The molecular weight excluding hydrogens is 381 g/mol. The number of hydrogen-bond acceptors (Lipinski definition) is 4. The van der Waals surface area contributed by atoms with Crippen molar-refractivity contribution in [1.29, 1.82) is 0 Å². The first-order valence-corrected chi connectivity index (χ1v) is 10.2. The van der Waals surface area contributed by atoms with Gasteiger partial charge in [-0.25, -0.2) is 4.39 Å². The molecule has 1 aliphatic carbocycles. The number of nitrogens with zero attached hydrogens (tertiary/aromatic N) is 1. The number of aryl methyl sites for hydroxylation is 1. The monoisotopic (exact) mass is 405 g/mol. The van der Waals surface area contributed by atoms with Gasteiger partial charge in [0.1, 0.15) is 11.6 Å². The van der Waals surface area contributed by atoms with Crippen LogP contribution in [0.25, 0.3) is 0 Å². The maximum atomic E-state index is 14.0. The summed E-state index contributed by atoms with van der Waals surface area (Å²) in [6.07, 6.45) is 7.58. The number of aromatic hydroxyl groups is 1. The molecule has 0 amide bonds. The standard InChI is InChI=1S/C25H24FNO3/c1-16(28)23-15-27(14-20-4-2-3-5-24(20)26)11-10-18(23)12-19-7-6-17-13-21(29)8-9-22(17)25(19)30/h2-5,8-11,13,15,18-19,29H,6-7,12,14H2,1H3. The number of Topliss-reactive ketones (excluding diaryl/α,β-unsaturated/α-hetero) is 2. The number of rotatable bonds is 5. The van der Waals surface area contributed by atoms with Crippen molar-refractivity contribution >= 4 is 11.6 Å². The fourth-order valence-electron chi connectivity index (χ4n) is 4.35. The lowest BCUT2D eigenvalue weighted by atomic mass is 9.76. The van der Waals surface area contributed by atoms with Crippen LogP contribution in [0.4, 0.5) is 4.39 Å². The largest absolute Gasteiger partial charge is 0.508 e. The zero-order valence-corrected chi connectivity index (χ0v) is 16.8. The summed E-state index contributed by atoms with van der Waals surface area (Å²) in [5, 5.41) is 9.65. The second-order valence-electron chi connectivity index (χ2n) is 8.03. The van der Waals surface area contributed by atoms with Crippen LogP contribution in [0, 0.1) is 17.7 Å². The third kappa shape index (κ3) is 4.06. The first-order valence-electron chi connectivity index (χ1n) is 10.2. The molecule has 0 radical (unpaired) electrons. The molecule has 4 rings (SSSR count). The van der Waals surface area contributed by atoms with Gasteiger partial charge >= 0.3 is 0 Å². The third-order valence-corrected chi connectivity index (χ3v) is 5.96. The van der Waals surface area contributed by atoms with E-state index in [0.717, 1.165) is 12.0 Å². The lowest BCUT2D eigenvalue weighted by molar-refractivity contribution is -0.114. The van der Waals surface area contributed by atoms with Gasteiger partial charge in [-0.3, -0.25) is 9.59 Å². The van der Waals surface area contributed by atoms with Gasteiger partial charge in [0.15, 0.2) is 11.6 Å². The molecule has 2 unspecified atom stereocenters. The summed E-state index contributed by atoms with van der Waals surface area (Å²) in [7, 11) is 0. The molecular formula is C25H24FNO3. The molecule has 0 spiro atoms. The summed E-state index contributed by atoms with van der Waals surface area (Å²) in [6.45, 7) is 1.87. The highest BCUT2D eigenvalue weighted by Gasteiger charge is 2.32. The number of allylic oxidation sites excluding steroid dienone is 2. The number of halogens is 1. The molecule has 2 aromatic rings. The maximum Gasteiger partial charge on any atom is 0.166 e. The van der Waals surface area contributed by atoms with Crippen LogP contribution in [0.15, 0.2) is 66.5 Å². The number of benzene rings is 2. The van der Waals surface area contributed by atoms with Crippen molar-refractivity contribution in [3.8, 4) is 5.75 Å². The molecule has 2 atom stereocenters. The van der Waals surface area contributed by atoms with E-state index in [0.29, 0.717) is 36.1 Å². The van der Waals surface area contributed by atoms with Gasteiger partial charge in [0.25, 0.3) is 0 Å². The number of fused-ring (bicyclic) bond motifs is 1. The molecule has 0 bridgehead atoms. The van der Waals surface area contributed by atoms with Gasteiger partial charge in [0, 0.05) is 47.5 Å². The number of carbonyl (C=O) groups is 2. The third-order valence-electron chi connectivity index (χ3n) is 5.96. The summed E-state index contributed by atoms with van der Waals surface area (Å²) < 4.78 is 14.0. The molecule has 1 N–H and O–H groups in total. The van der Waals surface area contributed by atoms with Crippen LogP contribution >= 0.6 is 0 Å². The van der Waals surface area contributed by atoms with E-state index in [4.69, 9.17) is 0 Å². The zero-order chi connectivity index (χ0) is 21.3. The summed E-state index contributed by atoms with van der Waals surface area (Å²) >= 11 is 0. The van der Waals surface area contributed by atoms with Crippen LogP contribution in [0.3, 0.4) is 0 Å². The molecule has 0 saturated carbocycles. The SMILES string of the molecule is CC(=O)C1=CN(Cc2ccccc2F)C=CC1CC1CCc2cc(O)ccc2C1=O. The maximum absolute atomic E-state index is 14.0. The minimum atomic E-state index is -0.275. The van der Waals surface area contributed by atoms with Gasteiger partial charge in [0.2, 0.25) is 0 Å². The highest BCUT2D eigenvalue weighted by Crippen LogP contribution is 2.35. The van der Waals surface area contributed by atoms with Gasteiger partial charge in [-0.15, -0.1) is 0 Å². The Kier molecular flexibility index (Phi) is 5.53. The summed E-state index contributed by atoms with van der Waals surface area (Å²) in [4.78, 5) is 27.1. The normalized spacial score (nSPS) is 20.7. The van der Waals surface area contributed by atoms with Crippen LogP contribution in [0.2, 0.25) is 0 Å². The molecule has 4 nitrogen and oxygen atoms in total. The van der Waals surface area contributed by atoms with Crippen LogP contribution in [-0.2, 0) is 17.8 Å². The van der Waals surface area contributed by atoms with E-state index in [1.54, 1.807) is 42.6 Å². The second kappa shape index (κ2) is 8.27. The Morgan fingerprint density at radius 2 is 2.03 bits per heavy atom. The predicted molar refractivity (Wildman–Crippen MR) is 112 cm³/mol. The Balaban J connectivity index is 1.50. The summed E-state index contributed by atoms with van der Waals surface area (Å²) in [5.74, 6) is -0.391. The molecule has 30 heavy (non-hydrogen) atoms. The van der Waals surface area contributed by atoms with Crippen molar-refractivity contribution in [2.45, 2.75) is 32.7 Å². The van der Waals surface area contributed by atoms with Crippen molar-refractivity contribution < 1.29 is 19.1 Å². The Hall–Kier alpha value is -3.21. The first-order chi connectivity index (χ1) is 14.4. The fourth-order valence-corrected chi connectivity index (χ4v) is 4.35. The summed E-state index contributed by atoms with van der Waals surface area (Å²) in [5.41, 5.74) is 2.74. The summed E-state index contributed by atoms with van der Waals surface area (Å²) in [6, 6.07) is 11.5. The van der Waals surface area contributed by atoms with Crippen LogP contribution < -0.4 is 0 Å². The van der Waals surface area contributed by atoms with Crippen molar-refractivity contribution in [3.05, 3.63) is 89.0 Å². The zero-order valence-electron chi connectivity index (χ0n) is 16.8. The molecule has 2 aliphatic rings. The quantitative estimate of drug-likeness (QED) is 0.777. The van der Waals surface area contributed by atoms with E-state index < -0.39 is 0 Å². The minimum absolute atomic E-state index is 0.0449. The van der Waals surface area contributed by atoms with Gasteiger partial charge < -0.3 is 10.0 Å². The predicted octanol–water partition coefficient (Wildman–Crippen LogP) is 4.79. The van der Waals surface area contributed by atoms with Crippen LogP contribution in [-0.4, -0.2) is 21.6 Å². The smallest absolute Gasteiger partial charge is 0.166 e. The van der Waals surface area contributed by atoms with Crippen LogP contribution in [0.5, 0.6) is 5.75 Å². The molecule has 0 saturated heterocycles. The van der Waals surface area contributed by atoms with Gasteiger partial charge in [-0.2, -0.15) is 0 Å². The molecule has 2 aromatic carbocycles. The highest BCUT2D eigenvalue weighted by molar-refractivity contribution is 6.00. The number of phenolic OH excluding ortho intramolecular Hbond substituents is 1. The van der Waals surface area contributed by atoms with Crippen LogP contribution in [0.1, 0.15) is 41.3 Å². The van der Waals surface area contributed by atoms with E-state index in [1.165, 1.54) is 13.0 Å². The van der Waals surface area contributed by atoms with E-state index >= 15 is 0 Å². The number of hydrogen-bond donors (Lipinski definition) is 1. The van der Waals surface area contributed by atoms with Gasteiger partial charge in [-0.05, 0) is 56.0 Å². The number of phenols is 1. The van der Waals surface area contributed by atoms with Gasteiger partial charge in [-0.1, -0.05) is 24.3 Å². The molecule has 0 fully saturated rings. The molecule has 1 aliphatic heterocycles. The topological polar surface area (TPSA) is 57.6 Å². The van der Waals surface area contributed by atoms with Crippen molar-refractivity contribution in [1.82, 2.24) is 4.90 Å². The average molecular weight is 405 g/mol. The Labute approximate surface area is 175 Å². The van der Waals surface area contributed by atoms with E-state index in [1.807, 2.05) is 17.2 Å². The molecule has 0 aromatic heterocycles. The van der Waals surface area contributed by atoms with Gasteiger partial charge in [0.05, 0.1) is 0 Å². The van der Waals surface area contributed by atoms with E-state index in [2.05, 4.69) is 0 Å². The molecule has 1 heterocycles. The van der Waals surface area contributed by atoms with E-state index in [9.17, 15) is 19.1 Å². The van der Waals surface area contributed by atoms with E-state index in [-0.39, 0.29) is 35.0 Å². The molecule has 5 heteroatoms. The second-order valence-corrected chi connectivity index (χ2v) is 8.03. The highest BCUT2D eigenvalue weighted by atomic mass is 19.1. The Morgan fingerprint density at radius 3 is 2.80 bits per heavy atom. The number of ketones is 2. The first kappa shape index (κ1) is 20.1. The Morgan fingerprint density at radius 1 is 1.23 bits per heavy atom. The lowest BCUT2D eigenvalue weighted by Crippen LogP contribution is -2.28. The lowest BCUT2D eigenvalue weighted by Gasteiger charge is -2.30. The Bertz CT molecular complexity index is 1060. The van der Waals surface area contributed by atoms with Crippen molar-refractivity contribution in [3.63, 3.8) is 0 Å². The average Bonchev–Trinajstić information content (AvgIpc) is 2.72. The van der Waals surface area contributed by atoms with Crippen molar-refractivity contribution in [2.24, 2.45) is 11.8 Å². The van der Waals surface area contributed by atoms with Crippen molar-refractivity contribution in [2.75, 3.05) is 0 Å². The molecule has 154 valence electrons. The number of carbonyl (C=O) groups excluding carboxylic acids is 2. The minimum Gasteiger partial charge on any atom is -0.508 e.